The van der Waals surface area contributed by atoms with Gasteiger partial charge >= 0.3 is 0 Å². The van der Waals surface area contributed by atoms with Gasteiger partial charge in [-0.05, 0) is 44.5 Å². The number of carbonyl (C=O) groups excluding carboxylic acids is 1. The lowest BCUT2D eigenvalue weighted by Crippen LogP contribution is -2.54. The third-order valence-corrected chi connectivity index (χ3v) is 6.06. The molecule has 176 valence electrons. The third kappa shape index (κ3) is 4.03. The number of fused-ring (bicyclic) bond motifs is 2. The van der Waals surface area contributed by atoms with Gasteiger partial charge in [0, 0.05) is 43.6 Å². The number of hydrogen-bond acceptors (Lipinski definition) is 6. The Morgan fingerprint density at radius 2 is 1.94 bits per heavy atom. The molecule has 1 aliphatic rings. The first-order valence-corrected chi connectivity index (χ1v) is 11.3. The van der Waals surface area contributed by atoms with Crippen molar-refractivity contribution >= 4 is 33.8 Å². The van der Waals surface area contributed by atoms with Crippen LogP contribution in [0, 0.1) is 12.7 Å². The number of carbonyl (C=O) groups is 1. The topological polar surface area (TPSA) is 83.8 Å². The zero-order valence-electron chi connectivity index (χ0n) is 19.6. The fraction of sp³-hybridized carbons (Fsp3) is 0.320. The number of methoxy groups -OCH3 is 1. The molecule has 0 aliphatic carbocycles. The molecule has 1 fully saturated rings. The van der Waals surface area contributed by atoms with Crippen LogP contribution >= 0.6 is 0 Å². The summed E-state index contributed by atoms with van der Waals surface area (Å²) in [4.78, 5) is 24.7. The molecular weight excluding hydrogens is 435 g/mol. The third-order valence-electron chi connectivity index (χ3n) is 6.06. The predicted octanol–water partition coefficient (Wildman–Crippen LogP) is 3.78. The Bertz CT molecular complexity index is 1390. The molecule has 34 heavy (non-hydrogen) atoms. The number of pyridine rings is 1. The Balaban J connectivity index is 1.54. The van der Waals surface area contributed by atoms with Gasteiger partial charge in [-0.2, -0.15) is 0 Å². The maximum atomic E-state index is 14.6. The van der Waals surface area contributed by atoms with E-state index in [0.29, 0.717) is 45.8 Å². The van der Waals surface area contributed by atoms with Crippen LogP contribution in [0.5, 0.6) is 5.88 Å². The van der Waals surface area contributed by atoms with Crippen molar-refractivity contribution in [3.05, 3.63) is 59.8 Å². The van der Waals surface area contributed by atoms with E-state index in [9.17, 15) is 9.18 Å². The summed E-state index contributed by atoms with van der Waals surface area (Å²) in [6.07, 6.45) is 5.00. The zero-order valence-corrected chi connectivity index (χ0v) is 19.6. The number of rotatable bonds is 4. The van der Waals surface area contributed by atoms with Crippen LogP contribution in [0.25, 0.3) is 16.6 Å². The van der Waals surface area contributed by atoms with Crippen molar-refractivity contribution in [3.63, 3.8) is 0 Å². The number of amides is 1. The Morgan fingerprint density at radius 3 is 2.68 bits per heavy atom. The molecular formula is C25H27FN6O2. The van der Waals surface area contributed by atoms with Gasteiger partial charge in [0.05, 0.1) is 35.8 Å². The number of halogens is 1. The molecule has 8 nitrogen and oxygen atoms in total. The van der Waals surface area contributed by atoms with Crippen LogP contribution < -0.4 is 20.3 Å². The highest BCUT2D eigenvalue weighted by molar-refractivity contribution is 6.13. The largest absolute Gasteiger partial charge is 0.480 e. The number of nitrogens with zero attached hydrogens (tertiary/aromatic N) is 4. The average Bonchev–Trinajstić information content (AvgIpc) is 3.18. The highest BCUT2D eigenvalue weighted by Gasteiger charge is 2.25. The van der Waals surface area contributed by atoms with Crippen molar-refractivity contribution in [1.82, 2.24) is 19.7 Å². The van der Waals surface area contributed by atoms with Gasteiger partial charge in [0.1, 0.15) is 16.9 Å². The van der Waals surface area contributed by atoms with Crippen LogP contribution in [0.4, 0.5) is 15.8 Å². The summed E-state index contributed by atoms with van der Waals surface area (Å²) in [6.45, 7) is 7.78. The van der Waals surface area contributed by atoms with Crippen LogP contribution in [-0.2, 0) is 0 Å². The first-order chi connectivity index (χ1) is 16.3. The van der Waals surface area contributed by atoms with Crippen molar-refractivity contribution in [1.29, 1.82) is 0 Å². The zero-order chi connectivity index (χ0) is 24.0. The van der Waals surface area contributed by atoms with Gasteiger partial charge in [-0.3, -0.25) is 4.79 Å². The second-order valence-electron chi connectivity index (χ2n) is 8.96. The standard InChI is InChI=1S/C25H27FN6O2/c1-14-7-21-19(26)8-17(13-31(21)10-14)29-25(33)18-5-6-20(32-11-15(2)28-16(3)12-32)24-23(18)27-9-22(30-24)34-4/h5-10,13,15-16,28H,11-12H2,1-4H3,(H,29,33). The first-order valence-electron chi connectivity index (χ1n) is 11.3. The van der Waals surface area contributed by atoms with E-state index in [2.05, 4.69) is 39.3 Å². The van der Waals surface area contributed by atoms with Crippen LogP contribution in [0.15, 0.2) is 42.9 Å². The van der Waals surface area contributed by atoms with E-state index in [-0.39, 0.29) is 5.91 Å². The van der Waals surface area contributed by atoms with Crippen LogP contribution in [-0.4, -0.2) is 52.6 Å². The van der Waals surface area contributed by atoms with Crippen LogP contribution in [0.3, 0.4) is 0 Å². The SMILES string of the molecule is COc1cnc2c(C(=O)Nc3cc(F)c4cc(C)cn4c3)ccc(N3CC(C)NC(C)C3)c2n1. The van der Waals surface area contributed by atoms with E-state index >= 15 is 0 Å². The molecule has 1 amide bonds. The van der Waals surface area contributed by atoms with Crippen LogP contribution in [0.2, 0.25) is 0 Å². The molecule has 1 saturated heterocycles. The Hall–Kier alpha value is -3.72. The molecule has 2 N–H and O–H groups in total. The van der Waals surface area contributed by atoms with Crippen molar-refractivity contribution < 1.29 is 13.9 Å². The number of anilines is 2. The molecule has 4 aromatic rings. The van der Waals surface area contributed by atoms with Gasteiger partial charge in [0.25, 0.3) is 5.91 Å². The minimum Gasteiger partial charge on any atom is -0.480 e. The van der Waals surface area contributed by atoms with Gasteiger partial charge in [-0.1, -0.05) is 0 Å². The predicted molar refractivity (Wildman–Crippen MR) is 130 cm³/mol. The molecule has 4 heterocycles. The Kier molecular flexibility index (Phi) is 5.57. The van der Waals surface area contributed by atoms with Gasteiger partial charge in [0.15, 0.2) is 0 Å². The van der Waals surface area contributed by atoms with E-state index in [4.69, 9.17) is 4.74 Å². The quantitative estimate of drug-likeness (QED) is 0.480. The van der Waals surface area contributed by atoms with E-state index in [1.54, 1.807) is 22.7 Å². The smallest absolute Gasteiger partial charge is 0.257 e. The summed E-state index contributed by atoms with van der Waals surface area (Å²) in [5.41, 5.74) is 4.06. The van der Waals surface area contributed by atoms with Crippen molar-refractivity contribution in [2.75, 3.05) is 30.4 Å². The molecule has 0 saturated carbocycles. The molecule has 2 atom stereocenters. The van der Waals surface area contributed by atoms with Gasteiger partial charge < -0.3 is 24.7 Å². The van der Waals surface area contributed by atoms with Crippen molar-refractivity contribution in [3.8, 4) is 5.88 Å². The molecule has 2 unspecified atom stereocenters. The number of ether oxygens (including phenoxy) is 1. The summed E-state index contributed by atoms with van der Waals surface area (Å²) in [7, 11) is 1.54. The van der Waals surface area contributed by atoms with Gasteiger partial charge in [-0.15, -0.1) is 0 Å². The monoisotopic (exact) mass is 462 g/mol. The highest BCUT2D eigenvalue weighted by Crippen LogP contribution is 2.30. The molecule has 0 radical (unpaired) electrons. The number of nitrogens with one attached hydrogen (secondary N) is 2. The minimum absolute atomic E-state index is 0.308. The summed E-state index contributed by atoms with van der Waals surface area (Å²) in [5.74, 6) is -0.420. The highest BCUT2D eigenvalue weighted by atomic mass is 19.1. The summed E-state index contributed by atoms with van der Waals surface area (Å²) < 4.78 is 21.5. The number of aryl methyl sites for hydroxylation is 1. The maximum absolute atomic E-state index is 14.6. The maximum Gasteiger partial charge on any atom is 0.257 e. The molecule has 0 spiro atoms. The molecule has 1 aliphatic heterocycles. The summed E-state index contributed by atoms with van der Waals surface area (Å²) >= 11 is 0. The number of aromatic nitrogens is 3. The van der Waals surface area contributed by atoms with E-state index in [1.165, 1.54) is 19.4 Å². The van der Waals surface area contributed by atoms with Crippen molar-refractivity contribution in [2.45, 2.75) is 32.9 Å². The Morgan fingerprint density at radius 1 is 1.18 bits per heavy atom. The molecule has 3 aromatic heterocycles. The van der Waals surface area contributed by atoms with Gasteiger partial charge in [-0.25, -0.2) is 14.4 Å². The number of piperazine rings is 1. The molecule has 0 bridgehead atoms. The second-order valence-corrected chi connectivity index (χ2v) is 8.96. The van der Waals surface area contributed by atoms with Crippen molar-refractivity contribution in [2.24, 2.45) is 0 Å². The molecule has 5 rings (SSSR count). The summed E-state index contributed by atoms with van der Waals surface area (Å²) in [5, 5.41) is 6.34. The number of hydrogen-bond donors (Lipinski definition) is 2. The lowest BCUT2D eigenvalue weighted by Gasteiger charge is -2.38. The molecule has 1 aromatic carbocycles. The second kappa shape index (κ2) is 8.57. The van der Waals surface area contributed by atoms with E-state index < -0.39 is 5.82 Å². The lowest BCUT2D eigenvalue weighted by atomic mass is 10.1. The van der Waals surface area contributed by atoms with E-state index in [1.807, 2.05) is 19.2 Å². The normalized spacial score (nSPS) is 18.4. The Labute approximate surface area is 196 Å². The minimum atomic E-state index is -0.405. The first kappa shape index (κ1) is 22.1. The van der Waals surface area contributed by atoms with Gasteiger partial charge in [0.2, 0.25) is 5.88 Å². The fourth-order valence-electron chi connectivity index (χ4n) is 4.71. The lowest BCUT2D eigenvalue weighted by molar-refractivity contribution is 0.102. The molecule has 9 heteroatoms. The van der Waals surface area contributed by atoms with Crippen LogP contribution in [0.1, 0.15) is 29.8 Å². The van der Waals surface area contributed by atoms with E-state index in [0.717, 1.165) is 24.3 Å². The average molecular weight is 463 g/mol. The summed E-state index contributed by atoms with van der Waals surface area (Å²) in [6, 6.07) is 7.34. The fourth-order valence-corrected chi connectivity index (χ4v) is 4.71. The number of benzene rings is 1.